The van der Waals surface area contributed by atoms with Crippen LogP contribution in [0.5, 0.6) is 0 Å². The summed E-state index contributed by atoms with van der Waals surface area (Å²) in [5, 5.41) is 16.9. The summed E-state index contributed by atoms with van der Waals surface area (Å²) in [6, 6.07) is 17.5. The number of thioether (sulfide) groups is 1. The van der Waals surface area contributed by atoms with E-state index in [9.17, 15) is 10.1 Å². The highest BCUT2D eigenvalue weighted by Gasteiger charge is 2.15. The fourth-order valence-corrected chi connectivity index (χ4v) is 3.87. The largest absolute Gasteiger partial charge is 0.391 e. The van der Waals surface area contributed by atoms with Crippen LogP contribution < -0.4 is 0 Å². The molecule has 3 rings (SSSR count). The lowest BCUT2D eigenvalue weighted by Gasteiger charge is -2.05. The first kappa shape index (κ1) is 22.4. The second kappa shape index (κ2) is 10.7. The molecule has 0 heterocycles. The van der Waals surface area contributed by atoms with Crippen LogP contribution >= 0.6 is 46.6 Å². The van der Waals surface area contributed by atoms with Crippen LogP contribution in [0.3, 0.4) is 0 Å². The monoisotopic (exact) mass is 480 g/mol. The molecule has 0 aromatic heterocycles. The van der Waals surface area contributed by atoms with E-state index in [2.05, 4.69) is 5.16 Å². The molecular weight excluding hydrogens is 467 g/mol. The maximum Gasteiger partial charge on any atom is 0.283 e. The standard InChI is InChI=1S/C21H15Cl3N2O3S/c22-17-5-1-14(2-6-17)13-30-21-8-4-15(10-20(21)26(27)28)11-25-29-12-16-3-7-18(23)19(24)9-16/h1-11H,12-13H2. The number of nitro benzene ring substituents is 1. The van der Waals surface area contributed by atoms with E-state index in [0.717, 1.165) is 11.1 Å². The third-order valence-electron chi connectivity index (χ3n) is 3.98. The molecule has 9 heteroatoms. The van der Waals surface area contributed by atoms with Gasteiger partial charge in [-0.3, -0.25) is 10.1 Å². The van der Waals surface area contributed by atoms with Crippen molar-refractivity contribution in [3.63, 3.8) is 0 Å². The first-order valence-electron chi connectivity index (χ1n) is 8.67. The van der Waals surface area contributed by atoms with E-state index >= 15 is 0 Å². The Bertz CT molecular complexity index is 1080. The Morgan fingerprint density at radius 3 is 2.40 bits per heavy atom. The molecule has 0 fully saturated rings. The number of nitro groups is 1. The highest BCUT2D eigenvalue weighted by atomic mass is 35.5. The Hall–Kier alpha value is -2.25. The summed E-state index contributed by atoms with van der Waals surface area (Å²) in [5.74, 6) is 0.595. The lowest BCUT2D eigenvalue weighted by molar-refractivity contribution is -0.387. The molecule has 0 aliphatic rings. The van der Waals surface area contributed by atoms with E-state index < -0.39 is 4.92 Å². The van der Waals surface area contributed by atoms with Gasteiger partial charge in [0, 0.05) is 22.4 Å². The number of hydrogen-bond acceptors (Lipinski definition) is 5. The Morgan fingerprint density at radius 1 is 0.967 bits per heavy atom. The smallest absolute Gasteiger partial charge is 0.283 e. The minimum absolute atomic E-state index is 0.0161. The number of nitrogens with zero attached hydrogens (tertiary/aromatic N) is 2. The summed E-state index contributed by atoms with van der Waals surface area (Å²) in [4.78, 5) is 16.9. The van der Waals surface area contributed by atoms with Gasteiger partial charge in [-0.05, 0) is 41.5 Å². The third kappa shape index (κ3) is 6.37. The van der Waals surface area contributed by atoms with Crippen molar-refractivity contribution in [1.82, 2.24) is 0 Å². The quantitative estimate of drug-likeness (QED) is 0.145. The van der Waals surface area contributed by atoms with Gasteiger partial charge in [-0.2, -0.15) is 0 Å². The van der Waals surface area contributed by atoms with E-state index in [1.807, 2.05) is 12.1 Å². The fraction of sp³-hybridized carbons (Fsp3) is 0.0952. The van der Waals surface area contributed by atoms with Gasteiger partial charge in [0.15, 0.2) is 0 Å². The van der Waals surface area contributed by atoms with Crippen LogP contribution in [-0.2, 0) is 17.2 Å². The van der Waals surface area contributed by atoms with Gasteiger partial charge in [0.2, 0.25) is 0 Å². The topological polar surface area (TPSA) is 64.7 Å². The zero-order valence-electron chi connectivity index (χ0n) is 15.4. The van der Waals surface area contributed by atoms with Gasteiger partial charge in [0.1, 0.15) is 6.61 Å². The van der Waals surface area contributed by atoms with Gasteiger partial charge in [0.25, 0.3) is 5.69 Å². The Balaban J connectivity index is 1.63. The first-order valence-corrected chi connectivity index (χ1v) is 10.8. The van der Waals surface area contributed by atoms with Gasteiger partial charge < -0.3 is 4.84 Å². The lowest BCUT2D eigenvalue weighted by atomic mass is 10.2. The number of hydrogen-bond donors (Lipinski definition) is 0. The van der Waals surface area contributed by atoms with E-state index in [1.165, 1.54) is 24.0 Å². The van der Waals surface area contributed by atoms with Crippen molar-refractivity contribution in [1.29, 1.82) is 0 Å². The highest BCUT2D eigenvalue weighted by molar-refractivity contribution is 7.98. The van der Waals surface area contributed by atoms with Crippen LogP contribution in [0, 0.1) is 10.1 Å². The van der Waals surface area contributed by atoms with Crippen molar-refractivity contribution in [3.8, 4) is 0 Å². The average Bonchev–Trinajstić information content (AvgIpc) is 2.73. The molecule has 0 saturated carbocycles. The molecule has 0 amide bonds. The van der Waals surface area contributed by atoms with Crippen LogP contribution in [0.4, 0.5) is 5.69 Å². The van der Waals surface area contributed by atoms with Crippen molar-refractivity contribution in [2.75, 3.05) is 0 Å². The zero-order chi connectivity index (χ0) is 21.5. The van der Waals surface area contributed by atoms with Crippen LogP contribution in [0.25, 0.3) is 0 Å². The number of oxime groups is 1. The zero-order valence-corrected chi connectivity index (χ0v) is 18.5. The third-order valence-corrected chi connectivity index (χ3v) is 6.10. The van der Waals surface area contributed by atoms with E-state index in [0.29, 0.717) is 31.3 Å². The number of benzene rings is 3. The van der Waals surface area contributed by atoms with E-state index in [-0.39, 0.29) is 12.3 Å². The molecule has 30 heavy (non-hydrogen) atoms. The Morgan fingerprint density at radius 2 is 1.70 bits per heavy atom. The molecule has 0 bridgehead atoms. The molecule has 0 radical (unpaired) electrons. The molecule has 0 saturated heterocycles. The summed E-state index contributed by atoms with van der Waals surface area (Å²) >= 11 is 19.1. The van der Waals surface area contributed by atoms with Crippen molar-refractivity contribution in [3.05, 3.63) is 103 Å². The summed E-state index contributed by atoms with van der Waals surface area (Å²) in [7, 11) is 0. The van der Waals surface area contributed by atoms with Crippen molar-refractivity contribution >= 4 is 58.5 Å². The molecule has 0 aliphatic carbocycles. The van der Waals surface area contributed by atoms with Crippen molar-refractivity contribution in [2.45, 2.75) is 17.3 Å². The van der Waals surface area contributed by atoms with Crippen LogP contribution in [0.2, 0.25) is 15.1 Å². The maximum absolute atomic E-state index is 11.5. The summed E-state index contributed by atoms with van der Waals surface area (Å²) in [5.41, 5.74) is 2.41. The number of rotatable bonds is 8. The Labute approximate surface area is 192 Å². The second-order valence-electron chi connectivity index (χ2n) is 6.16. The number of halogens is 3. The molecule has 0 aliphatic heterocycles. The molecule has 5 nitrogen and oxygen atoms in total. The Kier molecular flexibility index (Phi) is 7.99. The molecule has 0 atom stereocenters. The van der Waals surface area contributed by atoms with E-state index in [4.69, 9.17) is 39.6 Å². The molecule has 0 unspecified atom stereocenters. The minimum Gasteiger partial charge on any atom is -0.391 e. The molecule has 154 valence electrons. The van der Waals surface area contributed by atoms with Crippen LogP contribution in [0.15, 0.2) is 70.7 Å². The normalized spacial score (nSPS) is 11.0. The molecule has 3 aromatic carbocycles. The van der Waals surface area contributed by atoms with Crippen molar-refractivity contribution < 1.29 is 9.76 Å². The minimum atomic E-state index is -0.405. The summed E-state index contributed by atoms with van der Waals surface area (Å²) in [6.07, 6.45) is 1.43. The van der Waals surface area contributed by atoms with Gasteiger partial charge in [0.05, 0.1) is 26.1 Å². The van der Waals surface area contributed by atoms with E-state index in [1.54, 1.807) is 42.5 Å². The van der Waals surface area contributed by atoms with Crippen LogP contribution in [0.1, 0.15) is 16.7 Å². The fourth-order valence-electron chi connectivity index (χ4n) is 2.46. The average molecular weight is 482 g/mol. The molecule has 0 N–H and O–H groups in total. The summed E-state index contributed by atoms with van der Waals surface area (Å²) in [6.45, 7) is 0.199. The predicted octanol–water partition coefficient (Wildman–Crippen LogP) is 7.40. The molecular formula is C21H15Cl3N2O3S. The molecule has 0 spiro atoms. The molecule has 3 aromatic rings. The van der Waals surface area contributed by atoms with Gasteiger partial charge in [-0.15, -0.1) is 11.8 Å². The van der Waals surface area contributed by atoms with Gasteiger partial charge >= 0.3 is 0 Å². The highest BCUT2D eigenvalue weighted by Crippen LogP contribution is 2.32. The van der Waals surface area contributed by atoms with Gasteiger partial charge in [-0.25, -0.2) is 0 Å². The maximum atomic E-state index is 11.5. The second-order valence-corrected chi connectivity index (χ2v) is 8.42. The lowest BCUT2D eigenvalue weighted by Crippen LogP contribution is -1.94. The summed E-state index contributed by atoms with van der Waals surface area (Å²) < 4.78 is 0. The first-order chi connectivity index (χ1) is 14.4. The van der Waals surface area contributed by atoms with Crippen molar-refractivity contribution in [2.24, 2.45) is 5.16 Å². The SMILES string of the molecule is O=[N+]([O-])c1cc(C=NOCc2ccc(Cl)c(Cl)c2)ccc1SCc1ccc(Cl)cc1. The predicted molar refractivity (Wildman–Crippen MR) is 123 cm³/mol. The van der Waals surface area contributed by atoms with Crippen LogP contribution in [-0.4, -0.2) is 11.1 Å². The van der Waals surface area contributed by atoms with Gasteiger partial charge in [-0.1, -0.05) is 64.2 Å².